The molecule has 0 N–H and O–H groups in total. The molecular formula is C8H12N4O3. The van der Waals surface area contributed by atoms with Gasteiger partial charge in [-0.05, 0) is 9.91 Å². The Hall–Kier alpha value is -1.63. The van der Waals surface area contributed by atoms with Gasteiger partial charge < -0.3 is 19.9 Å². The quantitative estimate of drug-likeness (QED) is 0.512. The van der Waals surface area contributed by atoms with Crippen LogP contribution in [0.4, 0.5) is 5.82 Å². The maximum absolute atomic E-state index is 10.5. The van der Waals surface area contributed by atoms with E-state index in [4.69, 9.17) is 4.74 Å². The molecule has 0 atom stereocenters. The molecule has 0 aliphatic carbocycles. The Kier molecular flexibility index (Phi) is 2.55. The lowest BCUT2D eigenvalue weighted by atomic mass is 10.5. The minimum absolute atomic E-state index is 0.112. The van der Waals surface area contributed by atoms with Gasteiger partial charge >= 0.3 is 5.82 Å². The molecule has 0 bridgehead atoms. The average molecular weight is 212 g/mol. The molecule has 0 amide bonds. The van der Waals surface area contributed by atoms with Crippen LogP contribution in [-0.2, 0) is 4.74 Å². The van der Waals surface area contributed by atoms with Crippen LogP contribution in [0.5, 0.6) is 0 Å². The van der Waals surface area contributed by atoms with Gasteiger partial charge in [-0.1, -0.05) is 0 Å². The van der Waals surface area contributed by atoms with Crippen LogP contribution in [0.3, 0.4) is 0 Å². The predicted molar refractivity (Wildman–Crippen MR) is 52.4 cm³/mol. The first-order valence-corrected chi connectivity index (χ1v) is 4.72. The number of imidazole rings is 1. The van der Waals surface area contributed by atoms with Gasteiger partial charge in [0.25, 0.3) is 0 Å². The second kappa shape index (κ2) is 3.85. The van der Waals surface area contributed by atoms with Crippen molar-refractivity contribution in [3.05, 3.63) is 22.1 Å². The van der Waals surface area contributed by atoms with Crippen molar-refractivity contribution in [1.82, 2.24) is 9.66 Å². The summed E-state index contributed by atoms with van der Waals surface area (Å²) in [5, 5.41) is 12.5. The van der Waals surface area contributed by atoms with E-state index < -0.39 is 4.92 Å². The summed E-state index contributed by atoms with van der Waals surface area (Å²) in [5.41, 5.74) is 0. The molecule has 0 unspecified atom stereocenters. The van der Waals surface area contributed by atoms with Crippen LogP contribution < -0.4 is 5.01 Å². The Bertz CT molecular complexity index is 370. The highest BCUT2D eigenvalue weighted by atomic mass is 16.6. The van der Waals surface area contributed by atoms with Gasteiger partial charge in [0.1, 0.15) is 6.20 Å². The molecule has 1 aliphatic rings. The molecule has 1 saturated heterocycles. The fraction of sp³-hybridized carbons (Fsp3) is 0.625. The number of morpholine rings is 1. The molecule has 0 saturated carbocycles. The van der Waals surface area contributed by atoms with Crippen molar-refractivity contribution in [1.29, 1.82) is 0 Å². The first-order valence-electron chi connectivity index (χ1n) is 4.72. The Morgan fingerprint density at radius 2 is 2.20 bits per heavy atom. The van der Waals surface area contributed by atoms with Gasteiger partial charge in [0.2, 0.25) is 5.82 Å². The van der Waals surface area contributed by atoms with E-state index in [-0.39, 0.29) is 5.82 Å². The molecule has 0 radical (unpaired) electrons. The number of ether oxygens (including phenoxy) is 1. The SMILES string of the molecule is Cc1nc([N+](=O)[O-])cn1N1CCOCC1. The maximum Gasteiger partial charge on any atom is 0.383 e. The minimum Gasteiger partial charge on any atom is -0.378 e. The summed E-state index contributed by atoms with van der Waals surface area (Å²) < 4.78 is 6.93. The molecule has 82 valence electrons. The van der Waals surface area contributed by atoms with Gasteiger partial charge in [0.15, 0.2) is 0 Å². The summed E-state index contributed by atoms with van der Waals surface area (Å²) in [7, 11) is 0. The molecule has 2 rings (SSSR count). The average Bonchev–Trinajstić information content (AvgIpc) is 2.62. The predicted octanol–water partition coefficient (Wildman–Crippen LogP) is 0.0679. The Balaban J connectivity index is 2.22. The molecule has 0 aromatic carbocycles. The van der Waals surface area contributed by atoms with E-state index in [0.717, 1.165) is 13.1 Å². The zero-order chi connectivity index (χ0) is 10.8. The molecule has 0 spiro atoms. The second-order valence-electron chi connectivity index (χ2n) is 3.31. The molecule has 7 nitrogen and oxygen atoms in total. The first-order chi connectivity index (χ1) is 7.18. The Morgan fingerprint density at radius 1 is 1.53 bits per heavy atom. The van der Waals surface area contributed by atoms with E-state index in [1.807, 2.05) is 5.01 Å². The summed E-state index contributed by atoms with van der Waals surface area (Å²) >= 11 is 0. The van der Waals surface area contributed by atoms with E-state index in [2.05, 4.69) is 4.98 Å². The molecule has 1 fully saturated rings. The third-order valence-corrected chi connectivity index (χ3v) is 2.32. The van der Waals surface area contributed by atoms with E-state index in [1.54, 1.807) is 11.6 Å². The molecule has 1 aromatic heterocycles. The Labute approximate surface area is 86.4 Å². The summed E-state index contributed by atoms with van der Waals surface area (Å²) in [6.45, 7) is 4.50. The lowest BCUT2D eigenvalue weighted by Gasteiger charge is -2.28. The van der Waals surface area contributed by atoms with E-state index in [0.29, 0.717) is 19.0 Å². The van der Waals surface area contributed by atoms with E-state index in [9.17, 15) is 10.1 Å². The number of nitrogens with zero attached hydrogens (tertiary/aromatic N) is 4. The molecule has 1 aliphatic heterocycles. The van der Waals surface area contributed by atoms with E-state index in [1.165, 1.54) is 6.20 Å². The highest BCUT2D eigenvalue weighted by Gasteiger charge is 2.20. The molecule has 7 heteroatoms. The van der Waals surface area contributed by atoms with Gasteiger partial charge in [0.05, 0.1) is 26.3 Å². The molecule has 2 heterocycles. The normalized spacial score (nSPS) is 16.7. The van der Waals surface area contributed by atoms with Crippen molar-refractivity contribution in [2.45, 2.75) is 6.92 Å². The zero-order valence-electron chi connectivity index (χ0n) is 8.42. The van der Waals surface area contributed by atoms with Crippen LogP contribution in [0.2, 0.25) is 0 Å². The standard InChI is InChI=1S/C8H12N4O3/c1-7-9-8(12(13)14)6-11(7)10-2-4-15-5-3-10/h6H,2-5H2,1H3. The summed E-state index contributed by atoms with van der Waals surface area (Å²) in [5.74, 6) is 0.516. The van der Waals surface area contributed by atoms with Crippen LogP contribution in [0.1, 0.15) is 5.82 Å². The van der Waals surface area contributed by atoms with Crippen molar-refractivity contribution in [2.24, 2.45) is 0 Å². The fourth-order valence-corrected chi connectivity index (χ4v) is 1.59. The van der Waals surface area contributed by atoms with Gasteiger partial charge in [-0.25, -0.2) is 4.68 Å². The van der Waals surface area contributed by atoms with Crippen LogP contribution >= 0.6 is 0 Å². The van der Waals surface area contributed by atoms with Crippen molar-refractivity contribution in [2.75, 3.05) is 31.3 Å². The van der Waals surface area contributed by atoms with Gasteiger partial charge in [0, 0.05) is 6.92 Å². The largest absolute Gasteiger partial charge is 0.383 e. The Morgan fingerprint density at radius 3 is 2.73 bits per heavy atom. The van der Waals surface area contributed by atoms with Gasteiger partial charge in [-0.15, -0.1) is 0 Å². The fourth-order valence-electron chi connectivity index (χ4n) is 1.59. The summed E-state index contributed by atoms with van der Waals surface area (Å²) in [6, 6.07) is 0. The maximum atomic E-state index is 10.5. The van der Waals surface area contributed by atoms with E-state index >= 15 is 0 Å². The van der Waals surface area contributed by atoms with Gasteiger partial charge in [-0.2, -0.15) is 0 Å². The van der Waals surface area contributed by atoms with Gasteiger partial charge in [-0.3, -0.25) is 0 Å². The van der Waals surface area contributed by atoms with Crippen LogP contribution in [0.15, 0.2) is 6.20 Å². The van der Waals surface area contributed by atoms with Crippen LogP contribution in [0.25, 0.3) is 0 Å². The number of hydrogen-bond acceptors (Lipinski definition) is 5. The number of hydrogen-bond donors (Lipinski definition) is 0. The summed E-state index contributed by atoms with van der Waals surface area (Å²) in [4.78, 5) is 13.9. The lowest BCUT2D eigenvalue weighted by molar-refractivity contribution is -0.389. The van der Waals surface area contributed by atoms with Crippen LogP contribution in [0, 0.1) is 17.0 Å². The zero-order valence-corrected chi connectivity index (χ0v) is 8.42. The first kappa shape index (κ1) is 9.91. The van der Waals surface area contributed by atoms with Crippen molar-refractivity contribution < 1.29 is 9.66 Å². The summed E-state index contributed by atoms with van der Waals surface area (Å²) in [6.07, 6.45) is 1.45. The third kappa shape index (κ3) is 1.91. The number of aryl methyl sites for hydroxylation is 1. The van der Waals surface area contributed by atoms with Crippen molar-refractivity contribution >= 4 is 5.82 Å². The highest BCUT2D eigenvalue weighted by molar-refractivity contribution is 5.18. The smallest absolute Gasteiger partial charge is 0.378 e. The third-order valence-electron chi connectivity index (χ3n) is 2.32. The molecular weight excluding hydrogens is 200 g/mol. The minimum atomic E-state index is -0.482. The molecule has 1 aromatic rings. The molecule has 15 heavy (non-hydrogen) atoms. The monoisotopic (exact) mass is 212 g/mol. The number of rotatable bonds is 2. The lowest BCUT2D eigenvalue weighted by Crippen LogP contribution is -2.44. The second-order valence-corrected chi connectivity index (χ2v) is 3.31. The van der Waals surface area contributed by atoms with Crippen molar-refractivity contribution in [3.63, 3.8) is 0 Å². The number of aromatic nitrogens is 2. The number of nitro groups is 1. The van der Waals surface area contributed by atoms with Crippen molar-refractivity contribution in [3.8, 4) is 0 Å². The van der Waals surface area contributed by atoms with Crippen LogP contribution in [-0.4, -0.2) is 40.9 Å². The topological polar surface area (TPSA) is 73.4 Å². The highest BCUT2D eigenvalue weighted by Crippen LogP contribution is 2.11.